The lowest BCUT2D eigenvalue weighted by Gasteiger charge is -2.31. The molecule has 0 saturated heterocycles. The molecule has 0 aromatic heterocycles. The molecule has 2 heteroatoms. The zero-order chi connectivity index (χ0) is 10.5. The quantitative estimate of drug-likeness (QED) is 0.689. The molecule has 0 saturated carbocycles. The van der Waals surface area contributed by atoms with Gasteiger partial charge in [-0.3, -0.25) is 0 Å². The SMILES string of the molecule is CCC(C)(C)COC(C)(C)CNC. The topological polar surface area (TPSA) is 21.3 Å². The van der Waals surface area contributed by atoms with Gasteiger partial charge in [-0.2, -0.15) is 0 Å². The first-order valence-electron chi connectivity index (χ1n) is 5.11. The highest BCUT2D eigenvalue weighted by molar-refractivity contribution is 4.74. The predicted molar refractivity (Wildman–Crippen MR) is 58.0 cm³/mol. The third-order valence-electron chi connectivity index (χ3n) is 2.41. The second-order valence-corrected chi connectivity index (χ2v) is 5.10. The van der Waals surface area contributed by atoms with Crippen LogP contribution in [0.1, 0.15) is 41.0 Å². The molecule has 0 atom stereocenters. The summed E-state index contributed by atoms with van der Waals surface area (Å²) in [6.45, 7) is 12.6. The van der Waals surface area contributed by atoms with Crippen LogP contribution in [0.15, 0.2) is 0 Å². The van der Waals surface area contributed by atoms with Crippen molar-refractivity contribution in [3.8, 4) is 0 Å². The first kappa shape index (κ1) is 12.9. The molecular formula is C11H25NO. The lowest BCUT2D eigenvalue weighted by Crippen LogP contribution is -2.38. The van der Waals surface area contributed by atoms with Gasteiger partial charge >= 0.3 is 0 Å². The van der Waals surface area contributed by atoms with E-state index in [0.717, 1.165) is 19.6 Å². The van der Waals surface area contributed by atoms with Gasteiger partial charge in [0.15, 0.2) is 0 Å². The summed E-state index contributed by atoms with van der Waals surface area (Å²) < 4.78 is 5.86. The molecule has 0 aliphatic heterocycles. The largest absolute Gasteiger partial charge is 0.374 e. The Labute approximate surface area is 83.1 Å². The van der Waals surface area contributed by atoms with Gasteiger partial charge < -0.3 is 10.1 Å². The van der Waals surface area contributed by atoms with Crippen LogP contribution < -0.4 is 5.32 Å². The standard InChI is InChI=1S/C11H25NO/c1-7-10(2,3)9-13-11(4,5)8-12-6/h12H,7-9H2,1-6H3. The van der Waals surface area contributed by atoms with Crippen LogP contribution in [0.25, 0.3) is 0 Å². The zero-order valence-corrected chi connectivity index (χ0v) is 10.0. The van der Waals surface area contributed by atoms with Gasteiger partial charge in [0.05, 0.1) is 12.2 Å². The molecule has 0 spiro atoms. The van der Waals surface area contributed by atoms with Crippen LogP contribution in [-0.4, -0.2) is 25.8 Å². The fourth-order valence-corrected chi connectivity index (χ4v) is 0.970. The Hall–Kier alpha value is -0.0800. The van der Waals surface area contributed by atoms with Gasteiger partial charge in [0.2, 0.25) is 0 Å². The smallest absolute Gasteiger partial charge is 0.0750 e. The Morgan fingerprint density at radius 2 is 1.69 bits per heavy atom. The molecule has 0 aliphatic carbocycles. The van der Waals surface area contributed by atoms with Crippen molar-refractivity contribution in [2.45, 2.75) is 46.6 Å². The van der Waals surface area contributed by atoms with E-state index < -0.39 is 0 Å². The lowest BCUT2D eigenvalue weighted by atomic mass is 9.91. The second-order valence-electron chi connectivity index (χ2n) is 5.10. The van der Waals surface area contributed by atoms with Crippen LogP contribution >= 0.6 is 0 Å². The molecule has 0 fully saturated rings. The minimum Gasteiger partial charge on any atom is -0.374 e. The Balaban J connectivity index is 3.86. The molecule has 0 amide bonds. The molecule has 0 radical (unpaired) electrons. The maximum Gasteiger partial charge on any atom is 0.0750 e. The fourth-order valence-electron chi connectivity index (χ4n) is 0.970. The minimum absolute atomic E-state index is 0.0544. The molecule has 0 aromatic carbocycles. The number of nitrogens with one attached hydrogen (secondary N) is 1. The molecule has 0 rings (SSSR count). The number of hydrogen-bond donors (Lipinski definition) is 1. The Morgan fingerprint density at radius 3 is 2.08 bits per heavy atom. The van der Waals surface area contributed by atoms with Crippen molar-refractivity contribution in [3.05, 3.63) is 0 Å². The summed E-state index contributed by atoms with van der Waals surface area (Å²) in [6.07, 6.45) is 1.16. The Bertz CT molecular complexity index is 141. The molecule has 1 N–H and O–H groups in total. The van der Waals surface area contributed by atoms with E-state index in [-0.39, 0.29) is 5.60 Å². The third kappa shape index (κ3) is 6.05. The fraction of sp³-hybridized carbons (Fsp3) is 1.00. The summed E-state index contributed by atoms with van der Waals surface area (Å²) in [4.78, 5) is 0. The number of rotatable bonds is 6. The Morgan fingerprint density at radius 1 is 1.15 bits per heavy atom. The summed E-state index contributed by atoms with van der Waals surface area (Å²) >= 11 is 0. The minimum atomic E-state index is -0.0544. The van der Waals surface area contributed by atoms with Crippen molar-refractivity contribution in [1.82, 2.24) is 5.32 Å². The van der Waals surface area contributed by atoms with E-state index in [1.54, 1.807) is 0 Å². The highest BCUT2D eigenvalue weighted by atomic mass is 16.5. The van der Waals surface area contributed by atoms with Crippen molar-refractivity contribution >= 4 is 0 Å². The average molecular weight is 187 g/mol. The maximum absolute atomic E-state index is 5.86. The number of hydrogen-bond acceptors (Lipinski definition) is 2. The van der Waals surface area contributed by atoms with Gasteiger partial charge in [-0.1, -0.05) is 20.8 Å². The third-order valence-corrected chi connectivity index (χ3v) is 2.41. The average Bonchev–Trinajstić information content (AvgIpc) is 2.02. The zero-order valence-electron chi connectivity index (χ0n) is 10.0. The molecule has 0 heterocycles. The summed E-state index contributed by atoms with van der Waals surface area (Å²) in [6, 6.07) is 0. The molecule has 13 heavy (non-hydrogen) atoms. The molecule has 0 unspecified atom stereocenters. The molecule has 0 bridgehead atoms. The van der Waals surface area contributed by atoms with Crippen LogP contribution in [0.3, 0.4) is 0 Å². The summed E-state index contributed by atoms with van der Waals surface area (Å²) in [5.74, 6) is 0. The summed E-state index contributed by atoms with van der Waals surface area (Å²) in [5, 5.41) is 3.14. The molecular weight excluding hydrogens is 162 g/mol. The molecule has 0 aromatic rings. The summed E-state index contributed by atoms with van der Waals surface area (Å²) in [7, 11) is 1.95. The van der Waals surface area contributed by atoms with Crippen LogP contribution in [0.4, 0.5) is 0 Å². The monoisotopic (exact) mass is 187 g/mol. The van der Waals surface area contributed by atoms with Crippen molar-refractivity contribution in [2.75, 3.05) is 20.2 Å². The van der Waals surface area contributed by atoms with Gasteiger partial charge in [0, 0.05) is 6.54 Å². The van der Waals surface area contributed by atoms with Gasteiger partial charge in [-0.05, 0) is 32.7 Å². The van der Waals surface area contributed by atoms with Gasteiger partial charge in [-0.15, -0.1) is 0 Å². The predicted octanol–water partition coefficient (Wildman–Crippen LogP) is 2.44. The van der Waals surface area contributed by atoms with Crippen molar-refractivity contribution in [1.29, 1.82) is 0 Å². The number of ether oxygens (including phenoxy) is 1. The van der Waals surface area contributed by atoms with Crippen LogP contribution in [-0.2, 0) is 4.74 Å². The Kier molecular flexibility index (Phi) is 4.93. The molecule has 80 valence electrons. The van der Waals surface area contributed by atoms with Gasteiger partial charge in [-0.25, -0.2) is 0 Å². The number of likely N-dealkylation sites (N-methyl/N-ethyl adjacent to an activating group) is 1. The van der Waals surface area contributed by atoms with Crippen LogP contribution in [0.5, 0.6) is 0 Å². The first-order valence-corrected chi connectivity index (χ1v) is 5.11. The van der Waals surface area contributed by atoms with E-state index in [0.29, 0.717) is 5.41 Å². The highest BCUT2D eigenvalue weighted by Crippen LogP contribution is 2.22. The van der Waals surface area contributed by atoms with Gasteiger partial charge in [0.1, 0.15) is 0 Å². The van der Waals surface area contributed by atoms with E-state index >= 15 is 0 Å². The highest BCUT2D eigenvalue weighted by Gasteiger charge is 2.22. The van der Waals surface area contributed by atoms with E-state index in [1.807, 2.05) is 7.05 Å². The van der Waals surface area contributed by atoms with E-state index in [4.69, 9.17) is 4.74 Å². The van der Waals surface area contributed by atoms with E-state index in [2.05, 4.69) is 39.9 Å². The summed E-state index contributed by atoms with van der Waals surface area (Å²) in [5.41, 5.74) is 0.242. The first-order chi connectivity index (χ1) is 5.83. The van der Waals surface area contributed by atoms with Crippen molar-refractivity contribution in [2.24, 2.45) is 5.41 Å². The maximum atomic E-state index is 5.86. The van der Waals surface area contributed by atoms with E-state index in [9.17, 15) is 0 Å². The van der Waals surface area contributed by atoms with Gasteiger partial charge in [0.25, 0.3) is 0 Å². The van der Waals surface area contributed by atoms with E-state index in [1.165, 1.54) is 0 Å². The molecule has 2 nitrogen and oxygen atoms in total. The van der Waals surface area contributed by atoms with Crippen molar-refractivity contribution in [3.63, 3.8) is 0 Å². The second kappa shape index (κ2) is 4.97. The normalized spacial score (nSPS) is 13.4. The lowest BCUT2D eigenvalue weighted by molar-refractivity contribution is -0.0530. The van der Waals surface area contributed by atoms with Crippen LogP contribution in [0.2, 0.25) is 0 Å². The van der Waals surface area contributed by atoms with Crippen LogP contribution in [0, 0.1) is 5.41 Å². The van der Waals surface area contributed by atoms with Crippen molar-refractivity contribution < 1.29 is 4.74 Å². The molecule has 0 aliphatic rings.